The highest BCUT2D eigenvalue weighted by molar-refractivity contribution is 7.92. The highest BCUT2D eigenvalue weighted by atomic mass is 35.5. The van der Waals surface area contributed by atoms with Crippen molar-refractivity contribution < 1.29 is 17.9 Å². The van der Waals surface area contributed by atoms with Crippen LogP contribution in [0.25, 0.3) is 0 Å². The Morgan fingerprint density at radius 3 is 2.48 bits per heavy atom. The molecule has 0 bridgehead atoms. The van der Waals surface area contributed by atoms with Gasteiger partial charge in [0.25, 0.3) is 10.0 Å². The largest absolute Gasteiger partial charge is 0.493 e. The van der Waals surface area contributed by atoms with Crippen molar-refractivity contribution in [2.45, 2.75) is 36.7 Å². The summed E-state index contributed by atoms with van der Waals surface area (Å²) in [7, 11) is -2.25. The van der Waals surface area contributed by atoms with Crippen LogP contribution in [0.3, 0.4) is 0 Å². The van der Waals surface area contributed by atoms with E-state index in [4.69, 9.17) is 21.1 Å². The zero-order chi connectivity index (χ0) is 17.9. The van der Waals surface area contributed by atoms with E-state index in [1.807, 2.05) is 0 Å². The SMILES string of the molecule is COc1ccc(S(=O)(=O)Nc2ccccc2Cl)cc1OC1CCCC1. The fourth-order valence-electron chi connectivity index (χ4n) is 2.85. The fraction of sp³-hybridized carbons (Fsp3) is 0.333. The molecule has 134 valence electrons. The van der Waals surface area contributed by atoms with E-state index in [0.29, 0.717) is 22.2 Å². The summed E-state index contributed by atoms with van der Waals surface area (Å²) in [4.78, 5) is 0.0983. The molecule has 5 nitrogen and oxygen atoms in total. The minimum atomic E-state index is -3.79. The maximum atomic E-state index is 12.7. The second-order valence-electron chi connectivity index (χ2n) is 5.92. The molecule has 1 saturated carbocycles. The number of methoxy groups -OCH3 is 1. The molecule has 3 rings (SSSR count). The van der Waals surface area contributed by atoms with Crippen molar-refractivity contribution in [1.29, 1.82) is 0 Å². The molecule has 0 aromatic heterocycles. The molecule has 0 saturated heterocycles. The number of hydrogen-bond donors (Lipinski definition) is 1. The summed E-state index contributed by atoms with van der Waals surface area (Å²) >= 11 is 6.04. The molecule has 25 heavy (non-hydrogen) atoms. The molecule has 0 amide bonds. The summed E-state index contributed by atoms with van der Waals surface area (Å²) in [5.74, 6) is 0.958. The van der Waals surface area contributed by atoms with Crippen LogP contribution in [-0.4, -0.2) is 21.6 Å². The van der Waals surface area contributed by atoms with Crippen LogP contribution in [-0.2, 0) is 10.0 Å². The average molecular weight is 382 g/mol. The maximum absolute atomic E-state index is 12.7. The number of nitrogens with one attached hydrogen (secondary N) is 1. The molecule has 0 spiro atoms. The number of rotatable bonds is 6. The molecule has 0 unspecified atom stereocenters. The van der Waals surface area contributed by atoms with Crippen LogP contribution in [0.4, 0.5) is 5.69 Å². The van der Waals surface area contributed by atoms with Crippen LogP contribution in [0.2, 0.25) is 5.02 Å². The molecule has 0 heterocycles. The Morgan fingerprint density at radius 1 is 1.08 bits per heavy atom. The molecule has 1 aliphatic rings. The monoisotopic (exact) mass is 381 g/mol. The Bertz CT molecular complexity index is 848. The Morgan fingerprint density at radius 2 is 1.80 bits per heavy atom. The Labute approximate surface area is 153 Å². The van der Waals surface area contributed by atoms with Crippen LogP contribution in [0.1, 0.15) is 25.7 Å². The van der Waals surface area contributed by atoms with Gasteiger partial charge in [-0.2, -0.15) is 0 Å². The van der Waals surface area contributed by atoms with Crippen LogP contribution in [0.15, 0.2) is 47.4 Å². The maximum Gasteiger partial charge on any atom is 0.262 e. The number of ether oxygens (including phenoxy) is 2. The smallest absolute Gasteiger partial charge is 0.262 e. The van der Waals surface area contributed by atoms with Gasteiger partial charge in [-0.3, -0.25) is 4.72 Å². The summed E-state index contributed by atoms with van der Waals surface area (Å²) in [6.45, 7) is 0. The predicted molar refractivity (Wildman–Crippen MR) is 98.1 cm³/mol. The third-order valence-electron chi connectivity index (χ3n) is 4.16. The first kappa shape index (κ1) is 17.9. The van der Waals surface area contributed by atoms with Crippen molar-refractivity contribution in [3.8, 4) is 11.5 Å². The molecule has 1 fully saturated rings. The second kappa shape index (κ2) is 7.54. The van der Waals surface area contributed by atoms with Gasteiger partial charge in [-0.25, -0.2) is 8.42 Å². The zero-order valence-corrected chi connectivity index (χ0v) is 15.4. The van der Waals surface area contributed by atoms with Crippen molar-refractivity contribution >= 4 is 27.3 Å². The molecule has 0 aliphatic heterocycles. The first-order chi connectivity index (χ1) is 12.0. The minimum Gasteiger partial charge on any atom is -0.493 e. The van der Waals surface area contributed by atoms with E-state index in [-0.39, 0.29) is 11.0 Å². The zero-order valence-electron chi connectivity index (χ0n) is 13.9. The van der Waals surface area contributed by atoms with Gasteiger partial charge in [0.1, 0.15) is 0 Å². The van der Waals surface area contributed by atoms with Crippen molar-refractivity contribution in [2.75, 3.05) is 11.8 Å². The summed E-state index contributed by atoms with van der Waals surface area (Å²) in [5, 5.41) is 0.335. The van der Waals surface area contributed by atoms with E-state index >= 15 is 0 Å². The van der Waals surface area contributed by atoms with Gasteiger partial charge in [-0.1, -0.05) is 23.7 Å². The summed E-state index contributed by atoms with van der Waals surface area (Å²) in [5.41, 5.74) is 0.332. The molecule has 1 N–H and O–H groups in total. The molecule has 0 atom stereocenters. The Hall–Kier alpha value is -1.92. The van der Waals surface area contributed by atoms with Crippen molar-refractivity contribution in [2.24, 2.45) is 0 Å². The molecule has 0 radical (unpaired) electrons. The van der Waals surface area contributed by atoms with Gasteiger partial charge in [-0.05, 0) is 49.9 Å². The lowest BCUT2D eigenvalue weighted by molar-refractivity contribution is 0.200. The number of hydrogen-bond acceptors (Lipinski definition) is 4. The highest BCUT2D eigenvalue weighted by Crippen LogP contribution is 2.34. The van der Waals surface area contributed by atoms with E-state index in [1.165, 1.54) is 19.2 Å². The summed E-state index contributed by atoms with van der Waals surface area (Å²) in [6, 6.07) is 11.3. The standard InChI is InChI=1S/C18H20ClNO4S/c1-23-17-11-10-14(12-18(17)24-13-6-2-3-7-13)25(21,22)20-16-9-5-4-8-15(16)19/h4-5,8-13,20H,2-3,6-7H2,1H3. The second-order valence-corrected chi connectivity index (χ2v) is 8.01. The molecule has 7 heteroatoms. The predicted octanol–water partition coefficient (Wildman–Crippen LogP) is 4.47. The van der Waals surface area contributed by atoms with Gasteiger partial charge < -0.3 is 9.47 Å². The molecular formula is C18H20ClNO4S. The number of benzene rings is 2. The van der Waals surface area contributed by atoms with E-state index in [2.05, 4.69) is 4.72 Å². The number of para-hydroxylation sites is 1. The van der Waals surface area contributed by atoms with Crippen LogP contribution >= 0.6 is 11.6 Å². The van der Waals surface area contributed by atoms with Crippen molar-refractivity contribution in [3.63, 3.8) is 0 Å². The minimum absolute atomic E-state index is 0.0983. The first-order valence-corrected chi connectivity index (χ1v) is 9.98. The lowest BCUT2D eigenvalue weighted by Gasteiger charge is -2.17. The van der Waals surface area contributed by atoms with Crippen LogP contribution in [0.5, 0.6) is 11.5 Å². The Kier molecular flexibility index (Phi) is 5.39. The molecule has 2 aromatic carbocycles. The van der Waals surface area contributed by atoms with E-state index in [0.717, 1.165) is 25.7 Å². The van der Waals surface area contributed by atoms with Crippen molar-refractivity contribution in [1.82, 2.24) is 0 Å². The Balaban J connectivity index is 1.89. The van der Waals surface area contributed by atoms with E-state index < -0.39 is 10.0 Å². The topological polar surface area (TPSA) is 64.6 Å². The van der Waals surface area contributed by atoms with E-state index in [1.54, 1.807) is 30.3 Å². The van der Waals surface area contributed by atoms with Crippen LogP contribution < -0.4 is 14.2 Å². The van der Waals surface area contributed by atoms with Gasteiger partial charge in [0.2, 0.25) is 0 Å². The highest BCUT2D eigenvalue weighted by Gasteiger charge is 2.22. The van der Waals surface area contributed by atoms with Crippen LogP contribution in [0, 0.1) is 0 Å². The lowest BCUT2D eigenvalue weighted by atomic mass is 10.3. The number of sulfonamides is 1. The van der Waals surface area contributed by atoms with Gasteiger partial charge >= 0.3 is 0 Å². The van der Waals surface area contributed by atoms with Gasteiger partial charge in [-0.15, -0.1) is 0 Å². The number of halogens is 1. The third-order valence-corrected chi connectivity index (χ3v) is 5.85. The fourth-order valence-corrected chi connectivity index (χ4v) is 4.18. The summed E-state index contributed by atoms with van der Waals surface area (Å²) < 4.78 is 39.1. The quantitative estimate of drug-likeness (QED) is 0.801. The lowest BCUT2D eigenvalue weighted by Crippen LogP contribution is -2.15. The normalized spacial score (nSPS) is 15.1. The van der Waals surface area contributed by atoms with Gasteiger partial charge in [0, 0.05) is 6.07 Å². The van der Waals surface area contributed by atoms with E-state index in [9.17, 15) is 8.42 Å². The van der Waals surface area contributed by atoms with Gasteiger partial charge in [0.15, 0.2) is 11.5 Å². The molecular weight excluding hydrogens is 362 g/mol. The van der Waals surface area contributed by atoms with Crippen molar-refractivity contribution in [3.05, 3.63) is 47.5 Å². The molecule has 2 aromatic rings. The van der Waals surface area contributed by atoms with Gasteiger partial charge in [0.05, 0.1) is 28.8 Å². The third kappa shape index (κ3) is 4.19. The average Bonchev–Trinajstić information content (AvgIpc) is 3.10. The first-order valence-electron chi connectivity index (χ1n) is 8.11. The summed E-state index contributed by atoms with van der Waals surface area (Å²) in [6.07, 6.45) is 4.29. The molecule has 1 aliphatic carbocycles. The number of anilines is 1.